The van der Waals surface area contributed by atoms with E-state index in [1.54, 1.807) is 26.4 Å². The summed E-state index contributed by atoms with van der Waals surface area (Å²) in [4.78, 5) is 23.1. The van der Waals surface area contributed by atoms with Crippen molar-refractivity contribution in [3.8, 4) is 17.2 Å². The predicted molar refractivity (Wildman–Crippen MR) is 86.1 cm³/mol. The van der Waals surface area contributed by atoms with Crippen LogP contribution in [-0.4, -0.2) is 46.2 Å². The Morgan fingerprint density at radius 3 is 2.04 bits per heavy atom. The molecule has 0 aliphatic carbocycles. The van der Waals surface area contributed by atoms with Gasteiger partial charge < -0.3 is 24.8 Å². The normalized spacial score (nSPS) is 9.91. The molecule has 0 radical (unpaired) electrons. The maximum absolute atomic E-state index is 11.8. The fourth-order valence-electron chi connectivity index (χ4n) is 2.06. The van der Waals surface area contributed by atoms with Gasteiger partial charge in [-0.1, -0.05) is 0 Å². The molecule has 1 rings (SSSR count). The number of nitrogens with one attached hydrogen (secondary N) is 2. The van der Waals surface area contributed by atoms with E-state index >= 15 is 0 Å². The molecule has 0 saturated heterocycles. The Hall–Kier alpha value is -2.44. The first-order chi connectivity index (χ1) is 11.0. The van der Waals surface area contributed by atoms with Gasteiger partial charge in [0, 0.05) is 13.0 Å². The van der Waals surface area contributed by atoms with Crippen molar-refractivity contribution in [2.24, 2.45) is 0 Å². The van der Waals surface area contributed by atoms with Crippen LogP contribution in [0.2, 0.25) is 0 Å². The third kappa shape index (κ3) is 5.69. The zero-order chi connectivity index (χ0) is 17.2. The van der Waals surface area contributed by atoms with Crippen LogP contribution in [-0.2, 0) is 16.0 Å². The highest BCUT2D eigenvalue weighted by molar-refractivity contribution is 5.84. The molecule has 0 spiro atoms. The van der Waals surface area contributed by atoms with Crippen LogP contribution in [0.5, 0.6) is 17.2 Å². The Morgan fingerprint density at radius 1 is 0.957 bits per heavy atom. The van der Waals surface area contributed by atoms with Gasteiger partial charge in [-0.05, 0) is 31.0 Å². The number of hydrogen-bond acceptors (Lipinski definition) is 5. The monoisotopic (exact) mass is 324 g/mol. The Morgan fingerprint density at radius 2 is 1.57 bits per heavy atom. The third-order valence-corrected chi connectivity index (χ3v) is 3.19. The predicted octanol–water partition coefficient (Wildman–Crippen LogP) is 0.897. The molecule has 7 nitrogen and oxygen atoms in total. The Labute approximate surface area is 136 Å². The van der Waals surface area contributed by atoms with Crippen LogP contribution in [0.1, 0.15) is 18.9 Å². The van der Waals surface area contributed by atoms with Gasteiger partial charge in [0.2, 0.25) is 17.6 Å². The van der Waals surface area contributed by atoms with Crippen LogP contribution in [0, 0.1) is 0 Å². The van der Waals surface area contributed by atoms with Gasteiger partial charge in [0.1, 0.15) is 0 Å². The first-order valence-corrected chi connectivity index (χ1v) is 7.37. The molecule has 0 aromatic heterocycles. The number of likely N-dealkylation sites (N-methyl/N-ethyl adjacent to an activating group) is 1. The number of benzene rings is 1. The number of amides is 2. The van der Waals surface area contributed by atoms with Crippen LogP contribution in [0.4, 0.5) is 0 Å². The first-order valence-electron chi connectivity index (χ1n) is 7.37. The van der Waals surface area contributed by atoms with Gasteiger partial charge in [0.25, 0.3) is 0 Å². The molecule has 23 heavy (non-hydrogen) atoms. The van der Waals surface area contributed by atoms with Crippen molar-refractivity contribution >= 4 is 11.8 Å². The lowest BCUT2D eigenvalue weighted by atomic mass is 10.1. The molecule has 0 aliphatic rings. The summed E-state index contributed by atoms with van der Waals surface area (Å²) in [5.74, 6) is 1.22. The molecule has 0 aliphatic heterocycles. The minimum atomic E-state index is -0.200. The number of hydrogen-bond donors (Lipinski definition) is 2. The summed E-state index contributed by atoms with van der Waals surface area (Å²) in [5.41, 5.74) is 0.882. The number of carbonyl (C=O) groups excluding carboxylic acids is 2. The molecular weight excluding hydrogens is 300 g/mol. The number of ether oxygens (including phenoxy) is 3. The van der Waals surface area contributed by atoms with Crippen molar-refractivity contribution in [2.45, 2.75) is 19.8 Å². The zero-order valence-corrected chi connectivity index (χ0v) is 14.0. The fourth-order valence-corrected chi connectivity index (χ4v) is 2.06. The molecule has 0 fully saturated rings. The zero-order valence-electron chi connectivity index (χ0n) is 14.0. The van der Waals surface area contributed by atoms with Gasteiger partial charge in [-0.2, -0.15) is 0 Å². The van der Waals surface area contributed by atoms with E-state index < -0.39 is 0 Å². The van der Waals surface area contributed by atoms with Gasteiger partial charge in [-0.15, -0.1) is 0 Å². The van der Waals surface area contributed by atoms with E-state index in [9.17, 15) is 9.59 Å². The summed E-state index contributed by atoms with van der Waals surface area (Å²) >= 11 is 0. The van der Waals surface area contributed by atoms with Gasteiger partial charge in [-0.3, -0.25) is 9.59 Å². The van der Waals surface area contributed by atoms with Gasteiger partial charge in [-0.25, -0.2) is 0 Å². The van der Waals surface area contributed by atoms with Crippen molar-refractivity contribution < 1.29 is 23.8 Å². The minimum Gasteiger partial charge on any atom is -0.493 e. The first kappa shape index (κ1) is 18.6. The van der Waals surface area contributed by atoms with E-state index in [2.05, 4.69) is 10.6 Å². The van der Waals surface area contributed by atoms with E-state index in [0.717, 1.165) is 5.56 Å². The highest BCUT2D eigenvalue weighted by Gasteiger charge is 2.14. The molecular formula is C16H24N2O5. The quantitative estimate of drug-likeness (QED) is 0.705. The number of rotatable bonds is 9. The molecule has 1 aromatic carbocycles. The maximum Gasteiger partial charge on any atom is 0.239 e. The summed E-state index contributed by atoms with van der Waals surface area (Å²) in [7, 11) is 4.62. The average Bonchev–Trinajstić information content (AvgIpc) is 2.57. The Kier molecular flexibility index (Phi) is 7.73. The van der Waals surface area contributed by atoms with Gasteiger partial charge in [0.15, 0.2) is 11.5 Å². The molecule has 0 heterocycles. The Bertz CT molecular complexity index is 520. The van der Waals surface area contributed by atoms with Gasteiger partial charge in [0.05, 0.1) is 27.9 Å². The van der Waals surface area contributed by atoms with Crippen LogP contribution in [0.3, 0.4) is 0 Å². The SMILES string of the molecule is CCNC(=O)CNC(=O)CCc1cc(OC)c(OC)c(OC)c1. The summed E-state index contributed by atoms with van der Waals surface area (Å²) in [6.45, 7) is 2.35. The second-order valence-electron chi connectivity index (χ2n) is 4.76. The lowest BCUT2D eigenvalue weighted by molar-refractivity contribution is -0.126. The van der Waals surface area contributed by atoms with E-state index in [1.165, 1.54) is 7.11 Å². The standard InChI is InChI=1S/C16H24N2O5/c1-5-17-15(20)10-18-14(19)7-6-11-8-12(21-2)16(23-4)13(9-11)22-3/h8-9H,5-7,10H2,1-4H3,(H,17,20)(H,18,19). The van der Waals surface area contributed by atoms with Crippen molar-refractivity contribution in [2.75, 3.05) is 34.4 Å². The minimum absolute atomic E-state index is 0.0120. The molecule has 128 valence electrons. The molecule has 2 amide bonds. The van der Waals surface area contributed by atoms with Crippen LogP contribution in [0.25, 0.3) is 0 Å². The molecule has 1 aromatic rings. The largest absolute Gasteiger partial charge is 0.493 e. The van der Waals surface area contributed by atoms with E-state index in [4.69, 9.17) is 14.2 Å². The molecule has 2 N–H and O–H groups in total. The molecule has 0 atom stereocenters. The maximum atomic E-state index is 11.8. The molecule has 7 heteroatoms. The van der Waals surface area contributed by atoms with E-state index in [0.29, 0.717) is 30.2 Å². The third-order valence-electron chi connectivity index (χ3n) is 3.19. The molecule has 0 saturated carbocycles. The molecule has 0 unspecified atom stereocenters. The van der Waals surface area contributed by atoms with Crippen molar-refractivity contribution in [1.82, 2.24) is 10.6 Å². The summed E-state index contributed by atoms with van der Waals surface area (Å²) < 4.78 is 15.8. The van der Waals surface area contributed by atoms with Crippen molar-refractivity contribution in [3.05, 3.63) is 17.7 Å². The highest BCUT2D eigenvalue weighted by Crippen LogP contribution is 2.38. The van der Waals surface area contributed by atoms with Crippen LogP contribution < -0.4 is 24.8 Å². The van der Waals surface area contributed by atoms with E-state index in [1.807, 2.05) is 6.92 Å². The Balaban J connectivity index is 2.63. The topological polar surface area (TPSA) is 85.9 Å². The summed E-state index contributed by atoms with van der Waals surface area (Å²) in [6, 6.07) is 3.61. The van der Waals surface area contributed by atoms with E-state index in [-0.39, 0.29) is 24.8 Å². The lowest BCUT2D eigenvalue weighted by Gasteiger charge is -2.14. The summed E-state index contributed by atoms with van der Waals surface area (Å²) in [6.07, 6.45) is 0.760. The highest BCUT2D eigenvalue weighted by atomic mass is 16.5. The lowest BCUT2D eigenvalue weighted by Crippen LogP contribution is -2.36. The second kappa shape index (κ2) is 9.55. The second-order valence-corrected chi connectivity index (χ2v) is 4.76. The number of aryl methyl sites for hydroxylation is 1. The smallest absolute Gasteiger partial charge is 0.239 e. The summed E-state index contributed by atoms with van der Waals surface area (Å²) in [5, 5.41) is 5.20. The van der Waals surface area contributed by atoms with Gasteiger partial charge >= 0.3 is 0 Å². The number of methoxy groups -OCH3 is 3. The average molecular weight is 324 g/mol. The van der Waals surface area contributed by atoms with Crippen molar-refractivity contribution in [3.63, 3.8) is 0 Å². The van der Waals surface area contributed by atoms with Crippen LogP contribution >= 0.6 is 0 Å². The number of carbonyl (C=O) groups is 2. The van der Waals surface area contributed by atoms with Crippen molar-refractivity contribution in [1.29, 1.82) is 0 Å². The van der Waals surface area contributed by atoms with Crippen LogP contribution in [0.15, 0.2) is 12.1 Å². The fraction of sp³-hybridized carbons (Fsp3) is 0.500. The molecule has 0 bridgehead atoms.